The van der Waals surface area contributed by atoms with Crippen molar-refractivity contribution < 1.29 is 19.4 Å². The molecule has 26 heavy (non-hydrogen) atoms. The molecule has 0 saturated carbocycles. The summed E-state index contributed by atoms with van der Waals surface area (Å²) in [5.41, 5.74) is -0.418. The first-order valence-electron chi connectivity index (χ1n) is 9.61. The number of hydrogen-bond acceptors (Lipinski definition) is 4. The first-order valence-corrected chi connectivity index (χ1v) is 9.61. The molecular formula is C22H32O4. The van der Waals surface area contributed by atoms with Crippen molar-refractivity contribution in [3.05, 3.63) is 35.5 Å². The predicted molar refractivity (Wildman–Crippen MR) is 102 cm³/mol. The van der Waals surface area contributed by atoms with Crippen LogP contribution in [-0.2, 0) is 14.3 Å². The highest BCUT2D eigenvalue weighted by Crippen LogP contribution is 2.60. The van der Waals surface area contributed by atoms with Crippen molar-refractivity contribution in [2.24, 2.45) is 17.3 Å². The molecule has 144 valence electrons. The van der Waals surface area contributed by atoms with Gasteiger partial charge in [-0.3, -0.25) is 9.59 Å². The van der Waals surface area contributed by atoms with Crippen LogP contribution in [0.3, 0.4) is 0 Å². The zero-order chi connectivity index (χ0) is 19.7. The number of carbonyl (C=O) groups excluding carboxylic acids is 2. The Hall–Kier alpha value is -1.68. The van der Waals surface area contributed by atoms with Crippen LogP contribution in [0.5, 0.6) is 0 Å². The average molecular weight is 360 g/mol. The SMILES string of the molecule is C/C=C/C=C/[C@H](O)C[C@@H]1[C@]2(CC)C(=O)O[C@@]1(C)C(=O)C(C)=C2CC(C)C. The van der Waals surface area contributed by atoms with E-state index < -0.39 is 17.1 Å². The van der Waals surface area contributed by atoms with Crippen LogP contribution in [0.2, 0.25) is 0 Å². The molecule has 1 heterocycles. The van der Waals surface area contributed by atoms with E-state index in [1.165, 1.54) is 0 Å². The first kappa shape index (κ1) is 20.6. The molecule has 4 heteroatoms. The Balaban J connectivity index is 2.54. The lowest BCUT2D eigenvalue weighted by atomic mass is 9.55. The summed E-state index contributed by atoms with van der Waals surface area (Å²) in [5.74, 6) is -0.451. The first-order chi connectivity index (χ1) is 12.1. The van der Waals surface area contributed by atoms with Crippen molar-refractivity contribution in [2.75, 3.05) is 0 Å². The second-order valence-electron chi connectivity index (χ2n) is 8.12. The number of ketones is 1. The number of hydrogen-bond donors (Lipinski definition) is 1. The van der Waals surface area contributed by atoms with Crippen LogP contribution in [0.4, 0.5) is 0 Å². The zero-order valence-electron chi connectivity index (χ0n) is 16.8. The van der Waals surface area contributed by atoms with Crippen LogP contribution >= 0.6 is 0 Å². The van der Waals surface area contributed by atoms with Crippen LogP contribution in [0.15, 0.2) is 35.5 Å². The fourth-order valence-corrected chi connectivity index (χ4v) is 4.75. The van der Waals surface area contributed by atoms with E-state index in [-0.39, 0.29) is 17.7 Å². The second-order valence-corrected chi connectivity index (χ2v) is 8.12. The van der Waals surface area contributed by atoms with Gasteiger partial charge in [0, 0.05) is 5.92 Å². The van der Waals surface area contributed by atoms with E-state index >= 15 is 0 Å². The Morgan fingerprint density at radius 1 is 1.27 bits per heavy atom. The van der Waals surface area contributed by atoms with E-state index in [0.29, 0.717) is 30.8 Å². The minimum absolute atomic E-state index is 0.113. The molecule has 1 fully saturated rings. The minimum atomic E-state index is -1.19. The molecule has 0 aromatic carbocycles. The molecule has 2 bridgehead atoms. The van der Waals surface area contributed by atoms with Crippen molar-refractivity contribution in [1.82, 2.24) is 0 Å². The Morgan fingerprint density at radius 3 is 2.46 bits per heavy atom. The van der Waals surface area contributed by atoms with Gasteiger partial charge in [0.2, 0.25) is 5.78 Å². The van der Waals surface area contributed by atoms with Gasteiger partial charge >= 0.3 is 5.97 Å². The number of aliphatic hydroxyl groups excluding tert-OH is 1. The minimum Gasteiger partial charge on any atom is -0.450 e. The molecule has 1 saturated heterocycles. The quantitative estimate of drug-likeness (QED) is 0.547. The van der Waals surface area contributed by atoms with E-state index in [2.05, 4.69) is 13.8 Å². The van der Waals surface area contributed by atoms with Crippen LogP contribution in [0.1, 0.15) is 60.8 Å². The van der Waals surface area contributed by atoms with Crippen molar-refractivity contribution >= 4 is 11.8 Å². The van der Waals surface area contributed by atoms with Gasteiger partial charge in [0.1, 0.15) is 0 Å². The summed E-state index contributed by atoms with van der Waals surface area (Å²) in [4.78, 5) is 26.1. The lowest BCUT2D eigenvalue weighted by Gasteiger charge is -2.43. The summed E-state index contributed by atoms with van der Waals surface area (Å²) < 4.78 is 5.72. The third-order valence-electron chi connectivity index (χ3n) is 6.00. The van der Waals surface area contributed by atoms with Gasteiger partial charge in [-0.15, -0.1) is 0 Å². The summed E-state index contributed by atoms with van der Waals surface area (Å²) >= 11 is 0. The molecule has 0 aromatic heterocycles. The molecular weight excluding hydrogens is 328 g/mol. The molecule has 1 aliphatic heterocycles. The number of ether oxygens (including phenoxy) is 1. The Kier molecular flexibility index (Phi) is 5.96. The molecule has 1 N–H and O–H groups in total. The number of carbonyl (C=O) groups is 2. The average Bonchev–Trinajstić information content (AvgIpc) is 2.76. The maximum absolute atomic E-state index is 13.1. The van der Waals surface area contributed by atoms with E-state index in [9.17, 15) is 14.7 Å². The highest BCUT2D eigenvalue weighted by atomic mass is 16.6. The smallest absolute Gasteiger partial charge is 0.317 e. The van der Waals surface area contributed by atoms with Gasteiger partial charge in [-0.05, 0) is 57.1 Å². The topological polar surface area (TPSA) is 63.6 Å². The molecule has 4 atom stereocenters. The van der Waals surface area contributed by atoms with E-state index in [0.717, 1.165) is 5.57 Å². The molecule has 0 radical (unpaired) electrons. The Bertz CT molecular complexity index is 670. The maximum atomic E-state index is 13.1. The summed E-state index contributed by atoms with van der Waals surface area (Å²) in [6.45, 7) is 11.6. The van der Waals surface area contributed by atoms with Crippen LogP contribution in [0, 0.1) is 17.3 Å². The number of Topliss-reactive ketones (excluding diaryl/α,β-unsaturated/α-hetero) is 1. The van der Waals surface area contributed by atoms with Gasteiger partial charge in [0.05, 0.1) is 11.5 Å². The molecule has 0 aromatic rings. The third-order valence-corrected chi connectivity index (χ3v) is 6.00. The summed E-state index contributed by atoms with van der Waals surface area (Å²) in [7, 11) is 0. The third kappa shape index (κ3) is 3.09. The second kappa shape index (κ2) is 7.51. The highest BCUT2D eigenvalue weighted by Gasteiger charge is 2.69. The lowest BCUT2D eigenvalue weighted by Crippen LogP contribution is -2.51. The Morgan fingerprint density at radius 2 is 1.92 bits per heavy atom. The van der Waals surface area contributed by atoms with Gasteiger partial charge < -0.3 is 9.84 Å². The van der Waals surface area contributed by atoms with Gasteiger partial charge in [-0.2, -0.15) is 0 Å². The van der Waals surface area contributed by atoms with Crippen molar-refractivity contribution in [2.45, 2.75) is 72.5 Å². The zero-order valence-corrected chi connectivity index (χ0v) is 16.8. The molecule has 0 unspecified atom stereocenters. The highest BCUT2D eigenvalue weighted by molar-refractivity contribution is 6.09. The van der Waals surface area contributed by atoms with E-state index in [1.54, 1.807) is 19.1 Å². The molecule has 0 amide bonds. The molecule has 2 aliphatic rings. The van der Waals surface area contributed by atoms with E-state index in [1.807, 2.05) is 32.9 Å². The number of aliphatic hydroxyl groups is 1. The molecule has 2 rings (SSSR count). The Labute approximate surface area is 157 Å². The number of allylic oxidation sites excluding steroid dienone is 3. The van der Waals surface area contributed by atoms with Crippen molar-refractivity contribution in [3.8, 4) is 0 Å². The number of rotatable bonds is 7. The monoisotopic (exact) mass is 360 g/mol. The normalized spacial score (nSPS) is 33.0. The maximum Gasteiger partial charge on any atom is 0.317 e. The molecule has 4 nitrogen and oxygen atoms in total. The summed E-state index contributed by atoms with van der Waals surface area (Å²) in [5, 5.41) is 10.5. The largest absolute Gasteiger partial charge is 0.450 e. The summed E-state index contributed by atoms with van der Waals surface area (Å²) in [6, 6.07) is 0. The predicted octanol–water partition coefficient (Wildman–Crippen LogP) is 4.14. The van der Waals surface area contributed by atoms with Gasteiger partial charge in [0.25, 0.3) is 0 Å². The standard InChI is InChI=1S/C22H32O4/c1-7-9-10-11-16(23)13-18-21(6)19(24)15(5)17(12-14(3)4)22(18,8-2)20(25)26-21/h7,9-11,14,16,18,23H,8,12-13H2,1-6H3/b9-7+,11-10+/t16-,18-,21+,22+/m0/s1. The molecule has 1 aliphatic carbocycles. The number of esters is 1. The fraction of sp³-hybridized carbons (Fsp3) is 0.636. The van der Waals surface area contributed by atoms with Crippen molar-refractivity contribution in [3.63, 3.8) is 0 Å². The van der Waals surface area contributed by atoms with Crippen LogP contribution in [0.25, 0.3) is 0 Å². The number of fused-ring (bicyclic) bond motifs is 2. The van der Waals surface area contributed by atoms with E-state index in [4.69, 9.17) is 4.74 Å². The van der Waals surface area contributed by atoms with Gasteiger partial charge in [0.15, 0.2) is 5.60 Å². The lowest BCUT2D eigenvalue weighted by molar-refractivity contribution is -0.157. The molecule has 0 spiro atoms. The van der Waals surface area contributed by atoms with Crippen LogP contribution in [-0.4, -0.2) is 28.6 Å². The van der Waals surface area contributed by atoms with Gasteiger partial charge in [-0.1, -0.05) is 45.1 Å². The van der Waals surface area contributed by atoms with Crippen LogP contribution < -0.4 is 0 Å². The van der Waals surface area contributed by atoms with Gasteiger partial charge in [-0.25, -0.2) is 0 Å². The van der Waals surface area contributed by atoms with Crippen molar-refractivity contribution in [1.29, 1.82) is 0 Å². The fourth-order valence-electron chi connectivity index (χ4n) is 4.75. The summed E-state index contributed by atoms with van der Waals surface area (Å²) in [6.07, 6.45) is 8.07.